The van der Waals surface area contributed by atoms with Crippen LogP contribution in [-0.2, 0) is 0 Å². The second-order valence-electron chi connectivity index (χ2n) is 17.6. The number of anilines is 2. The van der Waals surface area contributed by atoms with E-state index in [4.69, 9.17) is 23.2 Å². The zero-order valence-electron chi connectivity index (χ0n) is 32.9. The summed E-state index contributed by atoms with van der Waals surface area (Å²) < 4.78 is 0. The molecule has 4 nitrogen and oxygen atoms in total. The third-order valence-electron chi connectivity index (χ3n) is 14.3. The number of aryl methyl sites for hydroxylation is 1. The second kappa shape index (κ2) is 16.2. The molecule has 51 heavy (non-hydrogen) atoms. The molecule has 2 aromatic carbocycles. The first-order valence-corrected chi connectivity index (χ1v) is 19.7. The van der Waals surface area contributed by atoms with Crippen molar-refractivity contribution in [2.45, 2.75) is 133 Å². The first-order valence-electron chi connectivity index (χ1n) is 18.9. The molecule has 274 valence electrons. The number of hydrogen-bond acceptors (Lipinski definition) is 4. The van der Waals surface area contributed by atoms with E-state index in [-0.39, 0.29) is 46.6 Å². The molecule has 6 rings (SSSR count). The number of carboxylic acids is 1. The van der Waals surface area contributed by atoms with Gasteiger partial charge in [0, 0.05) is 11.3 Å². The Morgan fingerprint density at radius 3 is 2.33 bits per heavy atom. The van der Waals surface area contributed by atoms with Gasteiger partial charge in [-0.2, -0.15) is 0 Å². The predicted octanol–water partition coefficient (Wildman–Crippen LogP) is 8.89. The maximum atomic E-state index is 11.0. The van der Waals surface area contributed by atoms with Gasteiger partial charge in [0.05, 0.1) is 27.8 Å². The van der Waals surface area contributed by atoms with Crippen LogP contribution in [0.3, 0.4) is 0 Å². The van der Waals surface area contributed by atoms with Crippen molar-refractivity contribution in [1.82, 2.24) is 0 Å². The first-order chi connectivity index (χ1) is 23.4. The van der Waals surface area contributed by atoms with E-state index < -0.39 is 5.97 Å². The number of aliphatic hydroxyl groups is 1. The van der Waals surface area contributed by atoms with Crippen molar-refractivity contribution in [3.8, 4) is 0 Å². The molecule has 2 saturated carbocycles. The molecule has 4 aliphatic carbocycles. The summed E-state index contributed by atoms with van der Waals surface area (Å²) in [5.74, 6) is 1.06. The number of para-hydroxylation sites is 1. The Bertz CT molecular complexity index is 1660. The Kier molecular flexibility index (Phi) is 13.5. The van der Waals surface area contributed by atoms with Gasteiger partial charge in [0.1, 0.15) is 0 Å². The van der Waals surface area contributed by atoms with Crippen molar-refractivity contribution in [2.24, 2.45) is 39.4 Å². The number of benzene rings is 2. The number of aromatic carboxylic acids is 1. The van der Waals surface area contributed by atoms with Crippen LogP contribution in [-0.4, -0.2) is 17.2 Å². The molecule has 0 aliphatic heterocycles. The van der Waals surface area contributed by atoms with E-state index in [0.29, 0.717) is 43.6 Å². The summed E-state index contributed by atoms with van der Waals surface area (Å²) in [5.41, 5.74) is 8.18. The van der Waals surface area contributed by atoms with Gasteiger partial charge in [-0.1, -0.05) is 112 Å². The van der Waals surface area contributed by atoms with E-state index in [0.717, 1.165) is 23.8 Å². The van der Waals surface area contributed by atoms with Crippen molar-refractivity contribution in [3.05, 3.63) is 80.4 Å². The third kappa shape index (κ3) is 7.81. The van der Waals surface area contributed by atoms with Gasteiger partial charge in [0.15, 0.2) is 0 Å². The number of aliphatic hydroxyl groups excluding tert-OH is 1. The average Bonchev–Trinajstić information content (AvgIpc) is 3.34. The summed E-state index contributed by atoms with van der Waals surface area (Å²) in [7, 11) is 0. The fourth-order valence-electron chi connectivity index (χ4n) is 11.1. The first kappa shape index (κ1) is 42.5. The number of nitrogens with one attached hydrogen (secondary N) is 1. The average molecular weight is 745 g/mol. The molecule has 0 saturated heterocycles. The molecular weight excluding hydrogens is 684 g/mol. The van der Waals surface area contributed by atoms with E-state index in [2.05, 4.69) is 66.8 Å². The van der Waals surface area contributed by atoms with Crippen molar-refractivity contribution < 1.29 is 44.6 Å². The van der Waals surface area contributed by atoms with Crippen LogP contribution in [0.4, 0.5) is 11.4 Å². The van der Waals surface area contributed by atoms with Crippen LogP contribution in [0.5, 0.6) is 0 Å². The number of rotatable bonds is 7. The Hall–Kier alpha value is -1.27. The summed E-state index contributed by atoms with van der Waals surface area (Å²) in [6.07, 6.45) is 15.2. The summed E-state index contributed by atoms with van der Waals surface area (Å²) in [4.78, 5) is 11.0. The third-order valence-corrected chi connectivity index (χ3v) is 15.1. The van der Waals surface area contributed by atoms with Gasteiger partial charge in [0.2, 0.25) is 0 Å². The number of carboxylic acid groups (broad SMARTS) is 1. The minimum Gasteiger partial charge on any atom is -0.545 e. The number of halogens is 2. The molecule has 2 N–H and O–H groups in total. The zero-order valence-corrected chi connectivity index (χ0v) is 36.5. The molecule has 7 atom stereocenters. The maximum Gasteiger partial charge on any atom is 1.00 e. The predicted molar refractivity (Wildman–Crippen MR) is 208 cm³/mol. The standard InChI is InChI=1S/C30H50O.C14H11Cl2NO2.Na/c1-20(2)10-9-11-21(3)22-14-18-30(8)24-12-13-25-27(4,5)26(31)16-17-28(25,6)23(24)15-19-29(22,30)7;1-8-6-7-10(15)13(12(8)16)17-11-5-3-2-4-9(11)14(18)19;/h10,21-22,25-26,31H,9,11-19H2,1-8H3;2-7,17H,1H3,(H,18,19);/q;;+1/p-1. The molecule has 7 heteroatoms. The zero-order chi connectivity index (χ0) is 36.8. The molecule has 0 amide bonds. The Morgan fingerprint density at radius 1 is 0.980 bits per heavy atom. The topological polar surface area (TPSA) is 72.4 Å². The molecule has 7 unspecified atom stereocenters. The van der Waals surface area contributed by atoms with Crippen molar-refractivity contribution in [3.63, 3.8) is 0 Å². The van der Waals surface area contributed by atoms with Crippen LogP contribution >= 0.6 is 23.2 Å². The van der Waals surface area contributed by atoms with E-state index in [1.807, 2.05) is 18.1 Å². The Balaban J connectivity index is 0.000000251. The molecule has 2 aromatic rings. The van der Waals surface area contributed by atoms with Crippen LogP contribution in [0.25, 0.3) is 0 Å². The van der Waals surface area contributed by atoms with Crippen LogP contribution in [0.2, 0.25) is 10.0 Å². The molecule has 0 heterocycles. The van der Waals surface area contributed by atoms with Gasteiger partial charge in [-0.3, -0.25) is 0 Å². The van der Waals surface area contributed by atoms with Crippen LogP contribution in [0.1, 0.15) is 136 Å². The number of hydrogen-bond donors (Lipinski definition) is 2. The van der Waals surface area contributed by atoms with Gasteiger partial charge < -0.3 is 20.3 Å². The van der Waals surface area contributed by atoms with Gasteiger partial charge >= 0.3 is 29.6 Å². The SMILES string of the molecule is CC(C)=CCCC(C)C1CCC2(C)C3=C(CCC12C)C1(C)CCC(O)C(C)(C)C1CC3.Cc1ccc(Cl)c(Nc2ccccc2C(=O)[O-])c1Cl.[Na+]. The fraction of sp³-hybridized carbons (Fsp3) is 0.614. The van der Waals surface area contributed by atoms with E-state index >= 15 is 0 Å². The van der Waals surface area contributed by atoms with Gasteiger partial charge in [-0.05, 0) is 142 Å². The Labute approximate surface area is 340 Å². The van der Waals surface area contributed by atoms with Crippen LogP contribution < -0.4 is 40.0 Å². The minimum atomic E-state index is -1.26. The van der Waals surface area contributed by atoms with E-state index in [1.165, 1.54) is 69.4 Å². The van der Waals surface area contributed by atoms with Crippen LogP contribution in [0.15, 0.2) is 59.2 Å². The largest absolute Gasteiger partial charge is 1.00 e. The molecule has 0 spiro atoms. The monoisotopic (exact) mass is 743 g/mol. The number of carbonyl (C=O) groups is 1. The summed E-state index contributed by atoms with van der Waals surface area (Å²) in [6.45, 7) is 21.5. The van der Waals surface area contributed by atoms with Crippen molar-refractivity contribution in [1.29, 1.82) is 0 Å². The molecular formula is C44H60Cl2NNaO3. The smallest absolute Gasteiger partial charge is 0.545 e. The van der Waals surface area contributed by atoms with E-state index in [1.54, 1.807) is 30.3 Å². The molecule has 0 bridgehead atoms. The van der Waals surface area contributed by atoms with Gasteiger partial charge in [-0.25, -0.2) is 0 Å². The minimum absolute atomic E-state index is 0. The molecule has 4 aliphatic rings. The summed E-state index contributed by atoms with van der Waals surface area (Å²) in [6, 6.07) is 9.91. The maximum absolute atomic E-state index is 11.0. The molecule has 0 aromatic heterocycles. The number of fused-ring (bicyclic) bond motifs is 4. The summed E-state index contributed by atoms with van der Waals surface area (Å²) in [5, 5.41) is 25.7. The quantitative estimate of drug-likeness (QED) is 0.220. The van der Waals surface area contributed by atoms with Crippen LogP contribution in [0, 0.1) is 46.3 Å². The molecule has 0 radical (unpaired) electrons. The van der Waals surface area contributed by atoms with Gasteiger partial charge in [0.25, 0.3) is 0 Å². The van der Waals surface area contributed by atoms with Crippen molar-refractivity contribution >= 4 is 40.5 Å². The molecule has 2 fully saturated rings. The van der Waals surface area contributed by atoms with Crippen molar-refractivity contribution in [2.75, 3.05) is 5.32 Å². The normalized spacial score (nSPS) is 31.1. The second-order valence-corrected chi connectivity index (χ2v) is 18.4. The number of carbonyl (C=O) groups excluding carboxylic acids is 1. The van der Waals surface area contributed by atoms with E-state index in [9.17, 15) is 15.0 Å². The van der Waals surface area contributed by atoms with Gasteiger partial charge in [-0.15, -0.1) is 0 Å². The fourth-order valence-corrected chi connectivity index (χ4v) is 11.6. The number of allylic oxidation sites excluding steroid dienone is 4. The Morgan fingerprint density at radius 2 is 1.67 bits per heavy atom. The summed E-state index contributed by atoms with van der Waals surface area (Å²) >= 11 is 12.2.